The molecule has 0 unspecified atom stereocenters. The third-order valence-corrected chi connectivity index (χ3v) is 3.97. The molecule has 0 aliphatic heterocycles. The fraction of sp³-hybridized carbons (Fsp3) is 0.111. The van der Waals surface area contributed by atoms with Crippen LogP contribution in [-0.4, -0.2) is 0 Å². The molecule has 4 rings (SSSR count). The smallest absolute Gasteiger partial charge is 0.0113 e. The van der Waals surface area contributed by atoms with Gasteiger partial charge in [-0.05, 0) is 45.9 Å². The summed E-state index contributed by atoms with van der Waals surface area (Å²) in [6.07, 6.45) is 2.37. The Morgan fingerprint density at radius 2 is 1.56 bits per heavy atom. The van der Waals surface area contributed by atoms with Crippen LogP contribution in [-0.2, 0) is 12.8 Å². The van der Waals surface area contributed by atoms with Gasteiger partial charge in [0.2, 0.25) is 0 Å². The first-order chi connectivity index (χ1) is 8.93. The summed E-state index contributed by atoms with van der Waals surface area (Å²) in [5.41, 5.74) is 5.80. The van der Waals surface area contributed by atoms with Gasteiger partial charge in [0.25, 0.3) is 0 Å². The Hall–Kier alpha value is -2.08. The fourth-order valence-corrected chi connectivity index (χ4v) is 3.15. The van der Waals surface area contributed by atoms with Crippen LogP contribution in [0.15, 0.2) is 60.7 Å². The maximum atomic E-state index is 2.28. The van der Waals surface area contributed by atoms with Crippen molar-refractivity contribution >= 4 is 10.8 Å². The van der Waals surface area contributed by atoms with Gasteiger partial charge in [-0.2, -0.15) is 0 Å². The molecule has 0 saturated heterocycles. The van der Waals surface area contributed by atoms with E-state index in [0.717, 1.165) is 0 Å². The number of hydrogen-bond acceptors (Lipinski definition) is 0. The van der Waals surface area contributed by atoms with Crippen LogP contribution >= 0.6 is 0 Å². The highest BCUT2D eigenvalue weighted by Crippen LogP contribution is 2.37. The first-order valence-corrected chi connectivity index (χ1v) is 6.52. The molecule has 0 heteroatoms. The van der Waals surface area contributed by atoms with Crippen molar-refractivity contribution in [3.05, 3.63) is 71.8 Å². The number of benzene rings is 3. The van der Waals surface area contributed by atoms with E-state index in [9.17, 15) is 0 Å². The summed E-state index contributed by atoms with van der Waals surface area (Å²) < 4.78 is 0. The van der Waals surface area contributed by atoms with E-state index in [2.05, 4.69) is 60.7 Å². The Labute approximate surface area is 107 Å². The summed E-state index contributed by atoms with van der Waals surface area (Å²) >= 11 is 0. The largest absolute Gasteiger partial charge is 0.0622 e. The minimum Gasteiger partial charge on any atom is -0.0622 e. The standard InChI is InChI=1S/C18H14/c1-2-5-13(6-3-1)16-11-9-14-7-4-8-15-10-12-17(16)18(14)15/h1-9,11H,10,12H2. The monoisotopic (exact) mass is 230 g/mol. The highest BCUT2D eigenvalue weighted by atomic mass is 14.2. The topological polar surface area (TPSA) is 0 Å². The summed E-state index contributed by atoms with van der Waals surface area (Å²) in [6.45, 7) is 0. The molecule has 0 amide bonds. The van der Waals surface area contributed by atoms with Gasteiger partial charge in [-0.15, -0.1) is 0 Å². The predicted octanol–water partition coefficient (Wildman–Crippen LogP) is 4.61. The molecule has 86 valence electrons. The lowest BCUT2D eigenvalue weighted by atomic mass is 9.95. The zero-order valence-electron chi connectivity index (χ0n) is 10.2. The van der Waals surface area contributed by atoms with Crippen molar-refractivity contribution in [2.24, 2.45) is 0 Å². The van der Waals surface area contributed by atoms with Gasteiger partial charge >= 0.3 is 0 Å². The third-order valence-electron chi connectivity index (χ3n) is 3.97. The SMILES string of the molecule is c1ccc(-c2ccc3cccc4c3c2CC4)cc1. The van der Waals surface area contributed by atoms with E-state index in [-0.39, 0.29) is 0 Å². The minimum atomic E-state index is 1.18. The molecule has 0 nitrogen and oxygen atoms in total. The molecule has 0 atom stereocenters. The third kappa shape index (κ3) is 1.32. The van der Waals surface area contributed by atoms with E-state index in [1.807, 2.05) is 0 Å². The second-order valence-corrected chi connectivity index (χ2v) is 4.97. The molecular weight excluding hydrogens is 216 g/mol. The average Bonchev–Trinajstić information content (AvgIpc) is 2.87. The van der Waals surface area contributed by atoms with Crippen LogP contribution in [0.25, 0.3) is 21.9 Å². The molecule has 0 radical (unpaired) electrons. The molecule has 0 heterocycles. The summed E-state index contributed by atoms with van der Waals surface area (Å²) in [5.74, 6) is 0. The first kappa shape index (κ1) is 9.90. The highest BCUT2D eigenvalue weighted by molar-refractivity contribution is 5.95. The summed E-state index contributed by atoms with van der Waals surface area (Å²) in [4.78, 5) is 0. The highest BCUT2D eigenvalue weighted by Gasteiger charge is 2.17. The van der Waals surface area contributed by atoms with Crippen molar-refractivity contribution in [1.82, 2.24) is 0 Å². The molecule has 18 heavy (non-hydrogen) atoms. The van der Waals surface area contributed by atoms with E-state index >= 15 is 0 Å². The zero-order valence-corrected chi connectivity index (χ0v) is 10.2. The van der Waals surface area contributed by atoms with Crippen molar-refractivity contribution < 1.29 is 0 Å². The summed E-state index contributed by atoms with van der Waals surface area (Å²) in [6, 6.07) is 21.9. The molecule has 3 aromatic carbocycles. The Kier molecular flexibility index (Phi) is 2.04. The van der Waals surface area contributed by atoms with E-state index in [1.54, 1.807) is 0 Å². The van der Waals surface area contributed by atoms with E-state index in [4.69, 9.17) is 0 Å². The quantitative estimate of drug-likeness (QED) is 0.573. The molecule has 0 saturated carbocycles. The average molecular weight is 230 g/mol. The lowest BCUT2D eigenvalue weighted by Crippen LogP contribution is -1.86. The van der Waals surface area contributed by atoms with Gasteiger partial charge < -0.3 is 0 Å². The van der Waals surface area contributed by atoms with Gasteiger partial charge in [0, 0.05) is 0 Å². The molecular formula is C18H14. The Morgan fingerprint density at radius 3 is 2.44 bits per heavy atom. The summed E-state index contributed by atoms with van der Waals surface area (Å²) in [7, 11) is 0. The van der Waals surface area contributed by atoms with Gasteiger partial charge in [0.1, 0.15) is 0 Å². The fourth-order valence-electron chi connectivity index (χ4n) is 3.15. The second-order valence-electron chi connectivity index (χ2n) is 4.97. The van der Waals surface area contributed by atoms with Crippen LogP contribution < -0.4 is 0 Å². The molecule has 0 aromatic heterocycles. The number of hydrogen-bond donors (Lipinski definition) is 0. The van der Waals surface area contributed by atoms with Crippen LogP contribution in [0.2, 0.25) is 0 Å². The minimum absolute atomic E-state index is 1.18. The van der Waals surface area contributed by atoms with Crippen molar-refractivity contribution in [3.63, 3.8) is 0 Å². The maximum Gasteiger partial charge on any atom is -0.0113 e. The van der Waals surface area contributed by atoms with Crippen LogP contribution in [0.1, 0.15) is 11.1 Å². The molecule has 1 aliphatic carbocycles. The first-order valence-electron chi connectivity index (χ1n) is 6.52. The van der Waals surface area contributed by atoms with E-state index in [0.29, 0.717) is 0 Å². The Balaban J connectivity index is 2.07. The number of aryl methyl sites for hydroxylation is 2. The van der Waals surface area contributed by atoms with Gasteiger partial charge in [-0.25, -0.2) is 0 Å². The molecule has 0 fully saturated rings. The maximum absolute atomic E-state index is 2.28. The second kappa shape index (κ2) is 3.71. The van der Waals surface area contributed by atoms with Gasteiger partial charge in [0.15, 0.2) is 0 Å². The zero-order chi connectivity index (χ0) is 11.9. The van der Waals surface area contributed by atoms with Crippen LogP contribution in [0, 0.1) is 0 Å². The Bertz CT molecular complexity index is 724. The Morgan fingerprint density at radius 1 is 0.667 bits per heavy atom. The van der Waals surface area contributed by atoms with Crippen LogP contribution in [0.5, 0.6) is 0 Å². The molecule has 0 spiro atoms. The van der Waals surface area contributed by atoms with E-state index < -0.39 is 0 Å². The molecule has 1 aliphatic rings. The molecule has 3 aromatic rings. The normalized spacial score (nSPS) is 13.1. The van der Waals surface area contributed by atoms with E-state index in [1.165, 1.54) is 45.9 Å². The van der Waals surface area contributed by atoms with Gasteiger partial charge in [0.05, 0.1) is 0 Å². The molecule has 0 bridgehead atoms. The van der Waals surface area contributed by atoms with Crippen LogP contribution in [0.3, 0.4) is 0 Å². The molecule has 0 N–H and O–H groups in total. The van der Waals surface area contributed by atoms with Gasteiger partial charge in [-0.1, -0.05) is 60.7 Å². The lowest BCUT2D eigenvalue weighted by Gasteiger charge is -2.09. The predicted molar refractivity (Wildman–Crippen MR) is 76.8 cm³/mol. The van der Waals surface area contributed by atoms with Crippen molar-refractivity contribution in [2.75, 3.05) is 0 Å². The van der Waals surface area contributed by atoms with Crippen molar-refractivity contribution in [2.45, 2.75) is 12.8 Å². The van der Waals surface area contributed by atoms with Crippen molar-refractivity contribution in [3.8, 4) is 11.1 Å². The van der Waals surface area contributed by atoms with Crippen molar-refractivity contribution in [1.29, 1.82) is 0 Å². The lowest BCUT2D eigenvalue weighted by molar-refractivity contribution is 1.03. The number of rotatable bonds is 1. The van der Waals surface area contributed by atoms with Gasteiger partial charge in [-0.3, -0.25) is 0 Å². The van der Waals surface area contributed by atoms with Crippen LogP contribution in [0.4, 0.5) is 0 Å². The summed E-state index contributed by atoms with van der Waals surface area (Å²) in [5, 5.41) is 2.89.